The molecule has 2 nitrogen and oxygen atoms in total. The van der Waals surface area contributed by atoms with E-state index in [2.05, 4.69) is 58.9 Å². The second-order valence-corrected chi connectivity index (χ2v) is 7.68. The molecule has 0 atom stereocenters. The highest BCUT2D eigenvalue weighted by Gasteiger charge is 2.52. The van der Waals surface area contributed by atoms with Crippen molar-refractivity contribution in [3.63, 3.8) is 0 Å². The highest BCUT2D eigenvalue weighted by atomic mass is 16.7. The molecule has 0 amide bonds. The fraction of sp³-hybridized carbons (Fsp3) is 0.579. The predicted octanol–water partition coefficient (Wildman–Crippen LogP) is 4.25. The second kappa shape index (κ2) is 5.54. The second-order valence-electron chi connectivity index (χ2n) is 7.68. The summed E-state index contributed by atoms with van der Waals surface area (Å²) in [5.74, 6) is 0. The van der Waals surface area contributed by atoms with Gasteiger partial charge in [0.15, 0.2) is 0 Å². The molecule has 0 N–H and O–H groups in total. The zero-order chi connectivity index (χ0) is 16.0. The fourth-order valence-electron chi connectivity index (χ4n) is 3.31. The summed E-state index contributed by atoms with van der Waals surface area (Å²) in [5, 5.41) is 0. The van der Waals surface area contributed by atoms with E-state index in [0.29, 0.717) is 0 Å². The monoisotopic (exact) mass is 298 g/mol. The van der Waals surface area contributed by atoms with Crippen LogP contribution in [-0.4, -0.2) is 18.3 Å². The van der Waals surface area contributed by atoms with Crippen LogP contribution in [-0.2, 0) is 9.31 Å². The van der Waals surface area contributed by atoms with Gasteiger partial charge in [-0.15, -0.1) is 0 Å². The number of rotatable bonds is 2. The van der Waals surface area contributed by atoms with Gasteiger partial charge in [0.05, 0.1) is 11.2 Å². The lowest BCUT2D eigenvalue weighted by Crippen LogP contribution is -2.41. The molecule has 118 valence electrons. The SMILES string of the molecule is Cc1cccc(C=C2CCCC2)c1B1OC(C)(C)C(C)(C)O1. The first-order valence-corrected chi connectivity index (χ1v) is 8.45. The Hall–Kier alpha value is -1.06. The molecule has 1 aromatic rings. The third kappa shape index (κ3) is 2.77. The van der Waals surface area contributed by atoms with Gasteiger partial charge in [0.1, 0.15) is 0 Å². The number of allylic oxidation sites excluding steroid dienone is 1. The minimum absolute atomic E-state index is 0.278. The lowest BCUT2D eigenvalue weighted by Gasteiger charge is -2.32. The maximum absolute atomic E-state index is 6.28. The summed E-state index contributed by atoms with van der Waals surface area (Å²) in [6.07, 6.45) is 7.47. The van der Waals surface area contributed by atoms with Crippen LogP contribution in [0.15, 0.2) is 23.8 Å². The van der Waals surface area contributed by atoms with E-state index in [0.717, 1.165) is 0 Å². The Bertz CT molecular complexity index is 577. The van der Waals surface area contributed by atoms with Gasteiger partial charge in [0, 0.05) is 0 Å². The number of aryl methyl sites for hydroxylation is 1. The van der Waals surface area contributed by atoms with Crippen molar-refractivity contribution in [1.29, 1.82) is 0 Å². The highest BCUT2D eigenvalue weighted by Crippen LogP contribution is 2.37. The summed E-state index contributed by atoms with van der Waals surface area (Å²) in [4.78, 5) is 0. The van der Waals surface area contributed by atoms with Crippen molar-refractivity contribution in [1.82, 2.24) is 0 Å². The summed E-state index contributed by atoms with van der Waals surface area (Å²) in [5.41, 5.74) is 4.67. The molecule has 1 saturated carbocycles. The zero-order valence-corrected chi connectivity index (χ0v) is 14.5. The van der Waals surface area contributed by atoms with Gasteiger partial charge >= 0.3 is 7.12 Å². The number of benzene rings is 1. The Balaban J connectivity index is 1.99. The summed E-state index contributed by atoms with van der Waals surface area (Å²) >= 11 is 0. The molecule has 1 heterocycles. The molecule has 1 aromatic carbocycles. The fourth-order valence-corrected chi connectivity index (χ4v) is 3.31. The van der Waals surface area contributed by atoms with E-state index in [1.54, 1.807) is 5.57 Å². The normalized spacial score (nSPS) is 23.1. The van der Waals surface area contributed by atoms with Crippen molar-refractivity contribution in [2.45, 2.75) is 71.5 Å². The average molecular weight is 298 g/mol. The molecule has 2 fully saturated rings. The van der Waals surface area contributed by atoms with Crippen LogP contribution in [0.1, 0.15) is 64.5 Å². The van der Waals surface area contributed by atoms with E-state index in [1.165, 1.54) is 42.3 Å². The molecule has 2 aliphatic rings. The van der Waals surface area contributed by atoms with E-state index in [1.807, 2.05) is 0 Å². The Morgan fingerprint density at radius 2 is 1.59 bits per heavy atom. The first-order chi connectivity index (χ1) is 10.3. The van der Waals surface area contributed by atoms with Gasteiger partial charge in [-0.05, 0) is 71.3 Å². The molecule has 0 unspecified atom stereocenters. The first kappa shape index (κ1) is 15.8. The molecule has 1 aliphatic carbocycles. The maximum Gasteiger partial charge on any atom is 0.495 e. The largest absolute Gasteiger partial charge is 0.495 e. The van der Waals surface area contributed by atoms with Crippen molar-refractivity contribution in [2.75, 3.05) is 0 Å². The molecule has 1 saturated heterocycles. The molecular weight excluding hydrogens is 271 g/mol. The minimum Gasteiger partial charge on any atom is -0.399 e. The molecule has 0 spiro atoms. The van der Waals surface area contributed by atoms with Gasteiger partial charge in [0.2, 0.25) is 0 Å². The molecule has 22 heavy (non-hydrogen) atoms. The van der Waals surface area contributed by atoms with Crippen molar-refractivity contribution in [2.24, 2.45) is 0 Å². The third-order valence-electron chi connectivity index (χ3n) is 5.45. The topological polar surface area (TPSA) is 18.5 Å². The Morgan fingerprint density at radius 1 is 1.00 bits per heavy atom. The quantitative estimate of drug-likeness (QED) is 0.760. The van der Waals surface area contributed by atoms with Crippen LogP contribution in [0.3, 0.4) is 0 Å². The summed E-state index contributed by atoms with van der Waals surface area (Å²) in [6.45, 7) is 10.6. The highest BCUT2D eigenvalue weighted by molar-refractivity contribution is 6.63. The Labute approximate surface area is 135 Å². The summed E-state index contributed by atoms with van der Waals surface area (Å²) in [7, 11) is -0.278. The summed E-state index contributed by atoms with van der Waals surface area (Å²) < 4.78 is 12.6. The van der Waals surface area contributed by atoms with Crippen molar-refractivity contribution < 1.29 is 9.31 Å². The summed E-state index contributed by atoms with van der Waals surface area (Å²) in [6, 6.07) is 6.47. The van der Waals surface area contributed by atoms with E-state index in [-0.39, 0.29) is 18.3 Å². The minimum atomic E-state index is -0.294. The average Bonchev–Trinajstić information content (AvgIpc) is 2.96. The Morgan fingerprint density at radius 3 is 2.18 bits per heavy atom. The standard InChI is InChI=1S/C19H27BO2/c1-14-9-8-12-16(13-15-10-6-7-11-15)17(14)20-21-18(2,3)19(4,5)22-20/h8-9,12-13H,6-7,10-11H2,1-5H3. The van der Waals surface area contributed by atoms with Crippen molar-refractivity contribution in [3.8, 4) is 0 Å². The van der Waals surface area contributed by atoms with Gasteiger partial charge in [-0.1, -0.05) is 35.4 Å². The van der Waals surface area contributed by atoms with Gasteiger partial charge in [-0.25, -0.2) is 0 Å². The van der Waals surface area contributed by atoms with E-state index in [4.69, 9.17) is 9.31 Å². The van der Waals surface area contributed by atoms with Crippen LogP contribution in [0.2, 0.25) is 0 Å². The molecule has 3 heteroatoms. The maximum atomic E-state index is 6.28. The lowest BCUT2D eigenvalue weighted by molar-refractivity contribution is 0.00578. The van der Waals surface area contributed by atoms with Crippen molar-refractivity contribution >= 4 is 18.7 Å². The van der Waals surface area contributed by atoms with Gasteiger partial charge in [0.25, 0.3) is 0 Å². The predicted molar refractivity (Wildman–Crippen MR) is 93.3 cm³/mol. The van der Waals surface area contributed by atoms with Crippen LogP contribution in [0.5, 0.6) is 0 Å². The third-order valence-corrected chi connectivity index (χ3v) is 5.45. The number of hydrogen-bond acceptors (Lipinski definition) is 2. The van der Waals surface area contributed by atoms with Crippen LogP contribution in [0, 0.1) is 6.92 Å². The zero-order valence-electron chi connectivity index (χ0n) is 14.5. The van der Waals surface area contributed by atoms with Crippen LogP contribution in [0.25, 0.3) is 6.08 Å². The van der Waals surface area contributed by atoms with Crippen LogP contribution < -0.4 is 5.46 Å². The lowest BCUT2D eigenvalue weighted by atomic mass is 9.73. The first-order valence-electron chi connectivity index (χ1n) is 8.45. The van der Waals surface area contributed by atoms with Crippen LogP contribution in [0.4, 0.5) is 0 Å². The van der Waals surface area contributed by atoms with Gasteiger partial charge in [-0.3, -0.25) is 0 Å². The van der Waals surface area contributed by atoms with E-state index in [9.17, 15) is 0 Å². The molecule has 0 bridgehead atoms. The molecule has 0 radical (unpaired) electrons. The Kier molecular flexibility index (Phi) is 3.99. The molecule has 3 rings (SSSR count). The van der Waals surface area contributed by atoms with Gasteiger partial charge in [-0.2, -0.15) is 0 Å². The number of hydrogen-bond donors (Lipinski definition) is 0. The molecular formula is C19H27BO2. The smallest absolute Gasteiger partial charge is 0.399 e. The van der Waals surface area contributed by atoms with E-state index >= 15 is 0 Å². The molecule has 1 aliphatic heterocycles. The van der Waals surface area contributed by atoms with Gasteiger partial charge < -0.3 is 9.31 Å². The van der Waals surface area contributed by atoms with Crippen molar-refractivity contribution in [3.05, 3.63) is 34.9 Å². The molecule has 0 aromatic heterocycles. The van der Waals surface area contributed by atoms with E-state index < -0.39 is 0 Å². The van der Waals surface area contributed by atoms with Crippen LogP contribution >= 0.6 is 0 Å².